The third-order valence-corrected chi connectivity index (χ3v) is 5.07. The molecule has 0 spiro atoms. The fourth-order valence-corrected chi connectivity index (χ4v) is 3.07. The summed E-state index contributed by atoms with van der Waals surface area (Å²) in [5.41, 5.74) is 4.52. The fraction of sp³-hybridized carbons (Fsp3) is 0.500. The summed E-state index contributed by atoms with van der Waals surface area (Å²) >= 11 is 2.39. The van der Waals surface area contributed by atoms with Gasteiger partial charge in [-0.3, -0.25) is 9.59 Å². The van der Waals surface area contributed by atoms with Crippen molar-refractivity contribution in [1.82, 2.24) is 0 Å². The number of halogens is 1. The Kier molecular flexibility index (Phi) is 7.65. The summed E-state index contributed by atoms with van der Waals surface area (Å²) < 4.78 is 11.7. The molecule has 0 aromatic heterocycles. The van der Waals surface area contributed by atoms with E-state index < -0.39 is 10.9 Å². The van der Waals surface area contributed by atoms with E-state index >= 15 is 0 Å². The van der Waals surface area contributed by atoms with Crippen LogP contribution in [0.3, 0.4) is 0 Å². The summed E-state index contributed by atoms with van der Waals surface area (Å²) in [5.74, 6) is 0.136. The fourth-order valence-electron chi connectivity index (χ4n) is 2.20. The van der Waals surface area contributed by atoms with E-state index in [-0.39, 0.29) is 23.7 Å². The van der Waals surface area contributed by atoms with Crippen molar-refractivity contribution in [3.8, 4) is 11.5 Å². The molecule has 0 aliphatic heterocycles. The van der Waals surface area contributed by atoms with Gasteiger partial charge in [0.2, 0.25) is 11.5 Å². The van der Waals surface area contributed by atoms with Crippen LogP contribution in [0.2, 0.25) is 0 Å². The van der Waals surface area contributed by atoms with E-state index in [0.717, 1.165) is 0 Å². The zero-order valence-corrected chi connectivity index (χ0v) is 18.4. The minimum Gasteiger partial charge on any atom is -0.483 e. The van der Waals surface area contributed by atoms with Crippen LogP contribution in [0.4, 0.5) is 0 Å². The lowest BCUT2D eigenvalue weighted by molar-refractivity contribution is 0.189. The standard InChI is InChI=1S/C10H13I.C10H14O4/c1-6-5-10(11)9(4)8(3)7(6)2;1-5(2)13-9-7(11)8(12)10(9)14-6(3)4/h5H,1-4H3;5-6H,1-4H3. The molecule has 0 saturated carbocycles. The minimum absolute atomic E-state index is 0.0682. The van der Waals surface area contributed by atoms with Gasteiger partial charge in [0.05, 0.1) is 12.2 Å². The van der Waals surface area contributed by atoms with Gasteiger partial charge in [0.1, 0.15) is 0 Å². The average Bonchev–Trinajstić information content (AvgIpc) is 2.54. The van der Waals surface area contributed by atoms with Crippen molar-refractivity contribution in [3.05, 3.63) is 52.3 Å². The Labute approximate surface area is 163 Å². The molecule has 0 saturated heterocycles. The van der Waals surface area contributed by atoms with Crippen LogP contribution < -0.4 is 20.3 Å². The smallest absolute Gasteiger partial charge is 0.275 e. The number of aryl methyl sites for hydroxylation is 1. The molecule has 0 bridgehead atoms. The van der Waals surface area contributed by atoms with Gasteiger partial charge in [-0.25, -0.2) is 0 Å². The molecule has 2 aromatic rings. The minimum atomic E-state index is -0.589. The number of benzene rings is 1. The van der Waals surface area contributed by atoms with E-state index in [1.807, 2.05) is 0 Å². The van der Waals surface area contributed by atoms with Crippen molar-refractivity contribution in [3.63, 3.8) is 0 Å². The third kappa shape index (κ3) is 5.30. The first-order chi connectivity index (χ1) is 11.5. The lowest BCUT2D eigenvalue weighted by atomic mass is 10.0. The number of rotatable bonds is 4. The Bertz CT molecular complexity index is 748. The number of hydrogen-bond donors (Lipinski definition) is 0. The molecule has 0 radical (unpaired) electrons. The molecule has 0 aliphatic carbocycles. The highest BCUT2D eigenvalue weighted by molar-refractivity contribution is 14.1. The van der Waals surface area contributed by atoms with Gasteiger partial charge in [-0.05, 0) is 106 Å². The van der Waals surface area contributed by atoms with E-state index in [4.69, 9.17) is 9.47 Å². The molecular formula is C20H27IO4. The van der Waals surface area contributed by atoms with E-state index in [9.17, 15) is 9.59 Å². The average molecular weight is 458 g/mol. The summed E-state index contributed by atoms with van der Waals surface area (Å²) in [5, 5.41) is 0. The van der Waals surface area contributed by atoms with Crippen LogP contribution in [-0.4, -0.2) is 12.2 Å². The van der Waals surface area contributed by atoms with Gasteiger partial charge in [0.15, 0.2) is 0 Å². The van der Waals surface area contributed by atoms with Crippen LogP contribution in [0.25, 0.3) is 0 Å². The molecule has 0 amide bonds. The van der Waals surface area contributed by atoms with Gasteiger partial charge in [-0.15, -0.1) is 0 Å². The highest BCUT2D eigenvalue weighted by atomic mass is 127. The molecule has 2 rings (SSSR count). The zero-order valence-electron chi connectivity index (χ0n) is 16.2. The summed E-state index contributed by atoms with van der Waals surface area (Å²) in [6.45, 7) is 15.9. The third-order valence-electron chi connectivity index (χ3n) is 3.95. The predicted molar refractivity (Wildman–Crippen MR) is 111 cm³/mol. The molecule has 0 heterocycles. The van der Waals surface area contributed by atoms with E-state index in [1.54, 1.807) is 27.7 Å². The highest BCUT2D eigenvalue weighted by Gasteiger charge is 2.25. The monoisotopic (exact) mass is 458 g/mol. The van der Waals surface area contributed by atoms with Gasteiger partial charge in [-0.1, -0.05) is 0 Å². The lowest BCUT2D eigenvalue weighted by Gasteiger charge is -2.17. The first kappa shape index (κ1) is 21.7. The van der Waals surface area contributed by atoms with Crippen LogP contribution in [0.5, 0.6) is 11.5 Å². The number of ether oxygens (including phenoxy) is 2. The maximum absolute atomic E-state index is 11.1. The second-order valence-electron chi connectivity index (χ2n) is 6.70. The van der Waals surface area contributed by atoms with Gasteiger partial charge >= 0.3 is 0 Å². The Hall–Kier alpha value is -1.37. The summed E-state index contributed by atoms with van der Waals surface area (Å²) in [6, 6.07) is 2.25. The molecule has 138 valence electrons. The first-order valence-corrected chi connectivity index (χ1v) is 9.44. The Morgan fingerprint density at radius 3 is 1.52 bits per heavy atom. The second-order valence-corrected chi connectivity index (χ2v) is 7.86. The van der Waals surface area contributed by atoms with E-state index in [2.05, 4.69) is 56.4 Å². The molecule has 0 unspecified atom stereocenters. The van der Waals surface area contributed by atoms with Gasteiger partial charge in [0, 0.05) is 3.57 Å². The largest absolute Gasteiger partial charge is 0.483 e. The zero-order chi connectivity index (χ0) is 19.5. The van der Waals surface area contributed by atoms with Crippen LogP contribution >= 0.6 is 22.6 Å². The van der Waals surface area contributed by atoms with Crippen LogP contribution in [0.1, 0.15) is 49.9 Å². The predicted octanol–water partition coefficient (Wildman–Crippen LogP) is 4.38. The van der Waals surface area contributed by atoms with Gasteiger partial charge < -0.3 is 9.47 Å². The molecule has 0 atom stereocenters. The van der Waals surface area contributed by atoms with Crippen molar-refractivity contribution in [1.29, 1.82) is 0 Å². The number of hydrogen-bond acceptors (Lipinski definition) is 4. The Morgan fingerprint density at radius 1 is 0.760 bits per heavy atom. The Morgan fingerprint density at radius 2 is 1.16 bits per heavy atom. The summed E-state index contributed by atoms with van der Waals surface area (Å²) in [6.07, 6.45) is -0.263. The molecule has 0 aliphatic rings. The molecular weight excluding hydrogens is 431 g/mol. The maximum Gasteiger partial charge on any atom is 0.275 e. The molecule has 0 N–H and O–H groups in total. The van der Waals surface area contributed by atoms with Crippen LogP contribution in [-0.2, 0) is 0 Å². The van der Waals surface area contributed by atoms with Crippen molar-refractivity contribution in [2.24, 2.45) is 0 Å². The summed E-state index contributed by atoms with van der Waals surface area (Å²) in [7, 11) is 0. The molecule has 25 heavy (non-hydrogen) atoms. The van der Waals surface area contributed by atoms with Crippen molar-refractivity contribution < 1.29 is 9.47 Å². The maximum atomic E-state index is 11.1. The normalized spacial score (nSPS) is 10.8. The van der Waals surface area contributed by atoms with E-state index in [0.29, 0.717) is 0 Å². The van der Waals surface area contributed by atoms with Crippen molar-refractivity contribution in [2.45, 2.75) is 67.6 Å². The molecule has 5 heteroatoms. The molecule has 0 fully saturated rings. The molecule has 4 nitrogen and oxygen atoms in total. The van der Waals surface area contributed by atoms with Crippen molar-refractivity contribution >= 4 is 22.6 Å². The van der Waals surface area contributed by atoms with E-state index in [1.165, 1.54) is 25.8 Å². The highest BCUT2D eigenvalue weighted by Crippen LogP contribution is 2.23. The van der Waals surface area contributed by atoms with Gasteiger partial charge in [-0.2, -0.15) is 0 Å². The van der Waals surface area contributed by atoms with Crippen molar-refractivity contribution in [2.75, 3.05) is 0 Å². The quantitative estimate of drug-likeness (QED) is 0.504. The lowest BCUT2D eigenvalue weighted by Crippen LogP contribution is -2.36. The van der Waals surface area contributed by atoms with Gasteiger partial charge in [0.25, 0.3) is 10.9 Å². The van der Waals surface area contributed by atoms with Crippen LogP contribution in [0, 0.1) is 31.3 Å². The SMILES string of the molecule is CC(C)Oc1c(OC(C)C)c(=O)c1=O.Cc1cc(I)c(C)c(C)c1C. The molecule has 2 aromatic carbocycles. The first-order valence-electron chi connectivity index (χ1n) is 8.36. The topological polar surface area (TPSA) is 52.6 Å². The van der Waals surface area contributed by atoms with Crippen LogP contribution in [0.15, 0.2) is 15.7 Å². The Balaban J connectivity index is 0.000000257. The summed E-state index contributed by atoms with van der Waals surface area (Å²) in [4.78, 5) is 22.2. The second kappa shape index (κ2) is 8.83.